The van der Waals surface area contributed by atoms with Crippen LogP contribution in [-0.2, 0) is 0 Å². The second-order valence-corrected chi connectivity index (χ2v) is 4.66. The molecule has 3 rings (SSSR count). The number of nitrogens with one attached hydrogen (secondary N) is 6. The molecule has 0 atom stereocenters. The van der Waals surface area contributed by atoms with E-state index in [0.717, 1.165) is 4.64 Å². The molecule has 0 radical (unpaired) electrons. The van der Waals surface area contributed by atoms with E-state index in [1.54, 1.807) is 0 Å². The van der Waals surface area contributed by atoms with Crippen LogP contribution in [0.1, 0.15) is 0 Å². The molecule has 0 saturated carbocycles. The van der Waals surface area contributed by atoms with Crippen molar-refractivity contribution < 1.29 is 0 Å². The predicted octanol–water partition coefficient (Wildman–Crippen LogP) is 1.33. The Kier molecular flexibility index (Phi) is 7.60. The average molecular weight is 357 g/mol. The molecule has 3 aromatic heterocycles. The zero-order chi connectivity index (χ0) is 16.4. The van der Waals surface area contributed by atoms with E-state index in [2.05, 4.69) is 54.6 Å². The van der Waals surface area contributed by atoms with Crippen molar-refractivity contribution in [1.29, 1.82) is 0 Å². The molecule has 0 fully saturated rings. The first-order chi connectivity index (χ1) is 10.5. The third kappa shape index (κ3) is 7.98. The zero-order valence-corrected chi connectivity index (χ0v) is 13.3. The lowest BCUT2D eigenvalue weighted by Crippen LogP contribution is -2.24. The molecule has 0 aliphatic carbocycles. The van der Waals surface area contributed by atoms with Crippen LogP contribution in [0.25, 0.3) is 0 Å². The average Bonchev–Trinajstić information content (AvgIpc) is 2.90. The Balaban J connectivity index is 0.000000169. The van der Waals surface area contributed by atoms with E-state index in [-0.39, 0.29) is 4.77 Å². The summed E-state index contributed by atoms with van der Waals surface area (Å²) in [6.07, 6.45) is 3.31. The van der Waals surface area contributed by atoms with Crippen molar-refractivity contribution in [2.24, 2.45) is 0 Å². The van der Waals surface area contributed by atoms with Gasteiger partial charge in [-0.05, 0) is 36.6 Å². The van der Waals surface area contributed by atoms with E-state index < -0.39 is 11.4 Å². The lowest BCUT2D eigenvalue weighted by molar-refractivity contribution is 0.916. The maximum atomic E-state index is 10.3. The van der Waals surface area contributed by atoms with Crippen LogP contribution in [0, 0.1) is 14.2 Å². The van der Waals surface area contributed by atoms with Crippen LogP contribution in [0.15, 0.2) is 40.3 Å². The summed E-state index contributed by atoms with van der Waals surface area (Å²) in [5.41, 5.74) is -1.19. The Morgan fingerprint density at radius 2 is 1.64 bits per heavy atom. The van der Waals surface area contributed by atoms with Gasteiger partial charge in [-0.1, -0.05) is 18.3 Å². The van der Waals surface area contributed by atoms with Crippen LogP contribution < -0.4 is 11.4 Å². The van der Waals surface area contributed by atoms with E-state index in [1.807, 2.05) is 29.4 Å². The zero-order valence-electron chi connectivity index (χ0n) is 10.9. The Bertz CT molecular complexity index is 849. The number of hydrogen-bond donors (Lipinski definition) is 6. The van der Waals surface area contributed by atoms with Gasteiger partial charge in [-0.2, -0.15) is 0 Å². The predicted molar refractivity (Wildman–Crippen MR) is 88.3 cm³/mol. The molecule has 0 unspecified atom stereocenters. The number of aromatic nitrogens is 7. The van der Waals surface area contributed by atoms with Gasteiger partial charge >= 0.3 is 11.4 Å². The molecule has 0 aliphatic heterocycles. The quantitative estimate of drug-likeness (QED) is 0.335. The fraction of sp³-hybridized carbons (Fsp3) is 0. The van der Waals surface area contributed by atoms with Crippen molar-refractivity contribution in [3.63, 3.8) is 0 Å². The first-order valence-corrected chi connectivity index (χ1v) is 6.84. The van der Waals surface area contributed by atoms with E-state index in [9.17, 15) is 9.59 Å². The fourth-order valence-corrected chi connectivity index (χ4v) is 1.44. The number of pyridine rings is 1. The Morgan fingerprint density at radius 1 is 0.955 bits per heavy atom. The fourth-order valence-electron chi connectivity index (χ4n) is 0.997. The standard InChI is InChI=1S/C5H5NS.C3H3N3O2S.C2H3N3S/c7-5-3-1-2-4-6-5;7-1-4-2(8)6-3(9)5-1;6-2-3-1-4-5-2/h1-4H,(H,6,7);(H3,4,5,6,7,8,9);1H,(H2,3,4,5,6). The molecule has 6 N–H and O–H groups in total. The minimum Gasteiger partial charge on any atom is -0.353 e. The van der Waals surface area contributed by atoms with E-state index >= 15 is 0 Å². The molecular formula is C10H11N7O2S3. The van der Waals surface area contributed by atoms with Gasteiger partial charge in [-0.15, -0.1) is 0 Å². The molecule has 0 spiro atoms. The highest BCUT2D eigenvalue weighted by Gasteiger charge is 1.82. The van der Waals surface area contributed by atoms with Crippen molar-refractivity contribution in [2.45, 2.75) is 0 Å². The highest BCUT2D eigenvalue weighted by molar-refractivity contribution is 7.71. The van der Waals surface area contributed by atoms with Gasteiger partial charge in [0.15, 0.2) is 4.77 Å². The molecule has 0 aliphatic rings. The normalized spacial score (nSPS) is 8.91. The topological polar surface area (TPSA) is 142 Å². The highest BCUT2D eigenvalue weighted by Crippen LogP contribution is 1.80. The molecule has 0 saturated heterocycles. The Labute approximate surface area is 137 Å². The van der Waals surface area contributed by atoms with Gasteiger partial charge in [0.1, 0.15) is 11.0 Å². The Hall–Kier alpha value is -2.44. The molecule has 0 bridgehead atoms. The van der Waals surface area contributed by atoms with Crippen LogP contribution >= 0.6 is 36.7 Å². The van der Waals surface area contributed by atoms with Crippen LogP contribution in [0.4, 0.5) is 0 Å². The molecule has 9 nitrogen and oxygen atoms in total. The van der Waals surface area contributed by atoms with Gasteiger partial charge in [0.25, 0.3) is 0 Å². The van der Waals surface area contributed by atoms with Gasteiger partial charge < -0.3 is 4.98 Å². The maximum absolute atomic E-state index is 10.3. The molecule has 116 valence electrons. The summed E-state index contributed by atoms with van der Waals surface area (Å²) in [6, 6.07) is 5.64. The number of H-pyrrole nitrogens is 6. The Morgan fingerprint density at radius 3 is 1.91 bits per heavy atom. The minimum absolute atomic E-state index is 0.0313. The summed E-state index contributed by atoms with van der Waals surface area (Å²) >= 11 is 13.8. The van der Waals surface area contributed by atoms with Gasteiger partial charge in [-0.25, -0.2) is 14.6 Å². The molecule has 3 heterocycles. The third-order valence-corrected chi connectivity index (χ3v) is 2.45. The van der Waals surface area contributed by atoms with Gasteiger partial charge in [0.05, 0.1) is 0 Å². The van der Waals surface area contributed by atoms with Gasteiger partial charge in [0.2, 0.25) is 4.77 Å². The largest absolute Gasteiger partial charge is 0.353 e. The van der Waals surface area contributed by atoms with Crippen LogP contribution in [0.3, 0.4) is 0 Å². The van der Waals surface area contributed by atoms with Crippen molar-refractivity contribution in [3.8, 4) is 0 Å². The van der Waals surface area contributed by atoms with Crippen LogP contribution in [0.5, 0.6) is 0 Å². The third-order valence-electron chi connectivity index (χ3n) is 1.79. The summed E-state index contributed by atoms with van der Waals surface area (Å²) in [7, 11) is 0. The lowest BCUT2D eigenvalue weighted by Gasteiger charge is -1.79. The summed E-state index contributed by atoms with van der Waals surface area (Å²) < 4.78 is 1.31. The van der Waals surface area contributed by atoms with Crippen LogP contribution in [0.2, 0.25) is 0 Å². The number of aromatic amines is 6. The van der Waals surface area contributed by atoms with Gasteiger partial charge in [-0.3, -0.25) is 25.1 Å². The second kappa shape index (κ2) is 9.49. The molecule has 3 aromatic rings. The van der Waals surface area contributed by atoms with Crippen LogP contribution in [-0.4, -0.2) is 35.1 Å². The van der Waals surface area contributed by atoms with Crippen molar-refractivity contribution in [1.82, 2.24) is 35.1 Å². The van der Waals surface area contributed by atoms with Crippen molar-refractivity contribution in [2.75, 3.05) is 0 Å². The minimum atomic E-state index is -0.594. The first kappa shape index (κ1) is 17.6. The van der Waals surface area contributed by atoms with Crippen molar-refractivity contribution >= 4 is 36.7 Å². The maximum Gasteiger partial charge on any atom is 0.329 e. The summed E-state index contributed by atoms with van der Waals surface area (Å²) in [5.74, 6) is 0. The summed E-state index contributed by atoms with van der Waals surface area (Å²) in [4.78, 5) is 33.3. The number of nitrogens with zero attached hydrogens (tertiary/aromatic N) is 1. The van der Waals surface area contributed by atoms with E-state index in [4.69, 9.17) is 12.2 Å². The molecule has 12 heteroatoms. The number of rotatable bonds is 0. The highest BCUT2D eigenvalue weighted by atomic mass is 32.1. The molecule has 0 amide bonds. The first-order valence-electron chi connectivity index (χ1n) is 5.62. The van der Waals surface area contributed by atoms with E-state index in [1.165, 1.54) is 6.33 Å². The number of hydrogen-bond acceptors (Lipinski definition) is 6. The monoisotopic (exact) mass is 357 g/mol. The molecular weight excluding hydrogens is 346 g/mol. The smallest absolute Gasteiger partial charge is 0.329 e. The van der Waals surface area contributed by atoms with Gasteiger partial charge in [0, 0.05) is 6.20 Å². The molecule has 0 aromatic carbocycles. The summed E-state index contributed by atoms with van der Waals surface area (Å²) in [5, 5.41) is 5.17. The van der Waals surface area contributed by atoms with E-state index in [0.29, 0.717) is 4.77 Å². The summed E-state index contributed by atoms with van der Waals surface area (Å²) in [6.45, 7) is 0. The lowest BCUT2D eigenvalue weighted by atomic mass is 10.5. The molecule has 22 heavy (non-hydrogen) atoms. The SMILES string of the molecule is O=c1[nH]c(=O)[nH]c(=S)[nH]1.S=c1cccc[nH]1.S=c1nc[nH][nH]1. The second-order valence-electron chi connectivity index (χ2n) is 3.42. The van der Waals surface area contributed by atoms with Crippen molar-refractivity contribution in [3.05, 3.63) is 65.9 Å².